The fourth-order valence-electron chi connectivity index (χ4n) is 2.44. The average Bonchev–Trinajstić information content (AvgIpc) is 2.50. The molecule has 0 unspecified atom stereocenters. The number of aliphatic hydroxyl groups is 1. The van der Waals surface area contributed by atoms with Crippen LogP contribution in [0.25, 0.3) is 0 Å². The molecule has 1 aliphatic rings. The molecule has 6 heteroatoms. The SMILES string of the molecule is OCCOCCN1CCN(Cc2cccc(Cl)c2Cl)CC1. The lowest BCUT2D eigenvalue weighted by Crippen LogP contribution is -2.46. The summed E-state index contributed by atoms with van der Waals surface area (Å²) in [5, 5.41) is 9.94. The number of halogens is 2. The number of nitrogens with zero attached hydrogens (tertiary/aromatic N) is 2. The van der Waals surface area contributed by atoms with E-state index in [1.807, 2.05) is 18.2 Å². The summed E-state index contributed by atoms with van der Waals surface area (Å²) in [5.74, 6) is 0. The van der Waals surface area contributed by atoms with Gasteiger partial charge in [-0.05, 0) is 11.6 Å². The van der Waals surface area contributed by atoms with Crippen LogP contribution in [0.15, 0.2) is 18.2 Å². The molecule has 0 radical (unpaired) electrons. The minimum absolute atomic E-state index is 0.0914. The lowest BCUT2D eigenvalue weighted by Gasteiger charge is -2.34. The monoisotopic (exact) mass is 332 g/mol. The first kappa shape index (κ1) is 17.0. The summed E-state index contributed by atoms with van der Waals surface area (Å²) in [6.45, 7) is 7.05. The van der Waals surface area contributed by atoms with Gasteiger partial charge in [0.15, 0.2) is 0 Å². The molecule has 1 aliphatic heterocycles. The van der Waals surface area contributed by atoms with Crippen LogP contribution in [0.3, 0.4) is 0 Å². The first-order chi connectivity index (χ1) is 10.2. The van der Waals surface area contributed by atoms with Crippen LogP contribution >= 0.6 is 23.2 Å². The second-order valence-corrected chi connectivity index (χ2v) is 5.95. The predicted octanol–water partition coefficient (Wildman–Crippen LogP) is 2.12. The van der Waals surface area contributed by atoms with E-state index in [1.165, 1.54) is 0 Å². The molecule has 0 bridgehead atoms. The van der Waals surface area contributed by atoms with Crippen LogP contribution in [0.1, 0.15) is 5.56 Å². The van der Waals surface area contributed by atoms with E-state index >= 15 is 0 Å². The van der Waals surface area contributed by atoms with Crippen LogP contribution < -0.4 is 0 Å². The van der Waals surface area contributed by atoms with Crippen molar-refractivity contribution in [2.45, 2.75) is 6.54 Å². The lowest BCUT2D eigenvalue weighted by atomic mass is 10.2. The molecule has 1 saturated heterocycles. The molecule has 2 rings (SSSR count). The van der Waals surface area contributed by atoms with Gasteiger partial charge in [-0.25, -0.2) is 0 Å². The van der Waals surface area contributed by atoms with E-state index in [0.717, 1.165) is 44.8 Å². The lowest BCUT2D eigenvalue weighted by molar-refractivity contribution is 0.0564. The summed E-state index contributed by atoms with van der Waals surface area (Å²) in [4.78, 5) is 4.77. The molecule has 1 N–H and O–H groups in total. The molecule has 4 nitrogen and oxygen atoms in total. The van der Waals surface area contributed by atoms with E-state index in [0.29, 0.717) is 23.3 Å². The van der Waals surface area contributed by atoms with Gasteiger partial charge in [0, 0.05) is 39.3 Å². The van der Waals surface area contributed by atoms with Gasteiger partial charge in [0.2, 0.25) is 0 Å². The molecule has 1 aromatic carbocycles. The van der Waals surface area contributed by atoms with Crippen molar-refractivity contribution in [1.82, 2.24) is 9.80 Å². The Balaban J connectivity index is 1.73. The maximum Gasteiger partial charge on any atom is 0.0698 e. The van der Waals surface area contributed by atoms with Crippen molar-refractivity contribution in [3.05, 3.63) is 33.8 Å². The molecule has 1 aromatic rings. The predicted molar refractivity (Wildman–Crippen MR) is 86.1 cm³/mol. The molecule has 0 amide bonds. The standard InChI is InChI=1S/C15H22Cl2N2O2/c16-14-3-1-2-13(15(14)17)12-19-6-4-18(5-7-19)8-10-21-11-9-20/h1-3,20H,4-12H2. The van der Waals surface area contributed by atoms with Crippen LogP contribution in [-0.4, -0.2) is 67.5 Å². The van der Waals surface area contributed by atoms with Crippen molar-refractivity contribution in [3.63, 3.8) is 0 Å². The quantitative estimate of drug-likeness (QED) is 0.776. The second kappa shape index (κ2) is 8.93. The minimum Gasteiger partial charge on any atom is -0.394 e. The number of hydrogen-bond donors (Lipinski definition) is 1. The Morgan fingerprint density at radius 1 is 1.05 bits per heavy atom. The fourth-order valence-corrected chi connectivity index (χ4v) is 2.82. The van der Waals surface area contributed by atoms with E-state index < -0.39 is 0 Å². The van der Waals surface area contributed by atoms with Gasteiger partial charge in [-0.15, -0.1) is 0 Å². The summed E-state index contributed by atoms with van der Waals surface area (Å²) >= 11 is 12.3. The van der Waals surface area contributed by atoms with Gasteiger partial charge in [0.1, 0.15) is 0 Å². The number of benzene rings is 1. The van der Waals surface area contributed by atoms with E-state index in [4.69, 9.17) is 33.0 Å². The topological polar surface area (TPSA) is 35.9 Å². The van der Waals surface area contributed by atoms with Crippen molar-refractivity contribution in [2.75, 3.05) is 52.5 Å². The number of ether oxygens (including phenoxy) is 1. The molecule has 0 saturated carbocycles. The molecule has 0 spiro atoms. The molecule has 21 heavy (non-hydrogen) atoms. The fraction of sp³-hybridized carbons (Fsp3) is 0.600. The third kappa shape index (κ3) is 5.40. The van der Waals surface area contributed by atoms with Gasteiger partial charge in [-0.3, -0.25) is 9.80 Å². The van der Waals surface area contributed by atoms with Crippen molar-refractivity contribution in [1.29, 1.82) is 0 Å². The van der Waals surface area contributed by atoms with Gasteiger partial charge in [-0.2, -0.15) is 0 Å². The zero-order valence-electron chi connectivity index (χ0n) is 12.1. The van der Waals surface area contributed by atoms with E-state index in [9.17, 15) is 0 Å². The Labute approximate surface area is 136 Å². The van der Waals surface area contributed by atoms with E-state index in [-0.39, 0.29) is 6.61 Å². The van der Waals surface area contributed by atoms with Crippen molar-refractivity contribution < 1.29 is 9.84 Å². The van der Waals surface area contributed by atoms with Crippen molar-refractivity contribution >= 4 is 23.2 Å². The Hall–Kier alpha value is -0.360. The molecule has 1 fully saturated rings. The van der Waals surface area contributed by atoms with Gasteiger partial charge in [0.05, 0.1) is 29.9 Å². The van der Waals surface area contributed by atoms with Crippen LogP contribution in [0.5, 0.6) is 0 Å². The van der Waals surface area contributed by atoms with Gasteiger partial charge >= 0.3 is 0 Å². The van der Waals surface area contributed by atoms with Crippen LogP contribution in [0, 0.1) is 0 Å². The number of piperazine rings is 1. The first-order valence-electron chi connectivity index (χ1n) is 7.27. The van der Waals surface area contributed by atoms with Crippen LogP contribution in [0.4, 0.5) is 0 Å². The highest BCUT2D eigenvalue weighted by molar-refractivity contribution is 6.42. The first-order valence-corrected chi connectivity index (χ1v) is 8.02. The summed E-state index contributed by atoms with van der Waals surface area (Å²) in [6.07, 6.45) is 0. The van der Waals surface area contributed by atoms with Crippen molar-refractivity contribution in [2.24, 2.45) is 0 Å². The van der Waals surface area contributed by atoms with Gasteiger partial charge in [0.25, 0.3) is 0 Å². The van der Waals surface area contributed by atoms with Crippen LogP contribution in [-0.2, 0) is 11.3 Å². The van der Waals surface area contributed by atoms with E-state index in [1.54, 1.807) is 0 Å². The van der Waals surface area contributed by atoms with Gasteiger partial charge < -0.3 is 9.84 Å². The summed E-state index contributed by atoms with van der Waals surface area (Å²) < 4.78 is 5.30. The molecule has 0 aliphatic carbocycles. The normalized spacial score (nSPS) is 17.3. The Kier molecular flexibility index (Phi) is 7.23. The number of rotatable bonds is 7. The Morgan fingerprint density at radius 2 is 1.76 bits per heavy atom. The highest BCUT2D eigenvalue weighted by Gasteiger charge is 2.17. The Bertz CT molecular complexity index is 438. The number of hydrogen-bond acceptors (Lipinski definition) is 4. The van der Waals surface area contributed by atoms with Gasteiger partial charge in [-0.1, -0.05) is 35.3 Å². The maximum absolute atomic E-state index is 8.65. The molecular weight excluding hydrogens is 311 g/mol. The highest BCUT2D eigenvalue weighted by atomic mass is 35.5. The summed E-state index contributed by atoms with van der Waals surface area (Å²) in [5.41, 5.74) is 1.09. The molecule has 0 aromatic heterocycles. The third-order valence-corrected chi connectivity index (χ3v) is 4.54. The van der Waals surface area contributed by atoms with E-state index in [2.05, 4.69) is 9.80 Å². The largest absolute Gasteiger partial charge is 0.394 e. The smallest absolute Gasteiger partial charge is 0.0698 e. The summed E-state index contributed by atoms with van der Waals surface area (Å²) in [7, 11) is 0. The van der Waals surface area contributed by atoms with Crippen LogP contribution in [0.2, 0.25) is 10.0 Å². The second-order valence-electron chi connectivity index (χ2n) is 5.17. The maximum atomic E-state index is 8.65. The molecule has 118 valence electrons. The molecule has 0 atom stereocenters. The minimum atomic E-state index is 0.0914. The molecule has 1 heterocycles. The third-order valence-electron chi connectivity index (χ3n) is 3.68. The number of aliphatic hydroxyl groups excluding tert-OH is 1. The molecular formula is C15H22Cl2N2O2. The summed E-state index contributed by atoms with van der Waals surface area (Å²) in [6, 6.07) is 5.79. The average molecular weight is 333 g/mol. The zero-order valence-corrected chi connectivity index (χ0v) is 13.6. The highest BCUT2D eigenvalue weighted by Crippen LogP contribution is 2.26. The van der Waals surface area contributed by atoms with Crippen molar-refractivity contribution in [3.8, 4) is 0 Å². The zero-order chi connectivity index (χ0) is 15.1. The Morgan fingerprint density at radius 3 is 2.48 bits per heavy atom.